The Hall–Kier alpha value is -0.893. The van der Waals surface area contributed by atoms with Gasteiger partial charge in [-0.25, -0.2) is 0 Å². The molecule has 12 heavy (non-hydrogen) atoms. The molecule has 0 saturated carbocycles. The Labute approximate surface area is 76.2 Å². The predicted octanol–water partition coefficient (Wildman–Crippen LogP) is 0.683. The summed E-state index contributed by atoms with van der Waals surface area (Å²) >= 11 is 0. The van der Waals surface area contributed by atoms with Crippen molar-refractivity contribution in [3.8, 4) is 0 Å². The van der Waals surface area contributed by atoms with Crippen molar-refractivity contribution in [1.29, 1.82) is 0 Å². The van der Waals surface area contributed by atoms with E-state index in [1.165, 1.54) is 11.1 Å². The van der Waals surface area contributed by atoms with Crippen LogP contribution in [0.25, 0.3) is 0 Å². The van der Waals surface area contributed by atoms with Crippen LogP contribution >= 0.6 is 0 Å². The summed E-state index contributed by atoms with van der Waals surface area (Å²) in [6.07, 6.45) is 1.65. The molecule has 0 aliphatic heterocycles. The first-order valence-corrected chi connectivity index (χ1v) is 5.30. The number of carbonyl (C=O) groups is 1. The maximum absolute atomic E-state index is 10.9. The van der Waals surface area contributed by atoms with Crippen LogP contribution in [0.3, 0.4) is 0 Å². The molecule has 1 rings (SSSR count). The monoisotopic (exact) mass is 178 g/mol. The van der Waals surface area contributed by atoms with Crippen LogP contribution in [-0.2, 0) is 17.6 Å². The van der Waals surface area contributed by atoms with E-state index in [1.54, 1.807) is 0 Å². The molecule has 0 bridgehead atoms. The molecule has 0 fully saturated rings. The van der Waals surface area contributed by atoms with E-state index in [4.69, 9.17) is 0 Å². The molecule has 64 valence electrons. The van der Waals surface area contributed by atoms with E-state index in [9.17, 15) is 4.79 Å². The van der Waals surface area contributed by atoms with Crippen LogP contribution in [0.1, 0.15) is 18.1 Å². The number of hydrogen-bond donors (Lipinski definition) is 0. The van der Waals surface area contributed by atoms with Crippen LogP contribution in [0.2, 0.25) is 0 Å². The summed E-state index contributed by atoms with van der Waals surface area (Å²) in [5.74, 6) is 0. The van der Waals surface area contributed by atoms with Gasteiger partial charge in [0, 0.05) is 6.42 Å². The smallest absolute Gasteiger partial charge is 0.105 e. The minimum absolute atomic E-state index is 0.371. The predicted molar refractivity (Wildman–Crippen MR) is 54.5 cm³/mol. The second-order valence-corrected chi connectivity index (χ2v) is 4.12. The van der Waals surface area contributed by atoms with Gasteiger partial charge in [0.15, 0.2) is 0 Å². The van der Waals surface area contributed by atoms with E-state index < -0.39 is 0 Å². The van der Waals surface area contributed by atoms with Crippen molar-refractivity contribution in [2.45, 2.75) is 19.8 Å². The third kappa shape index (κ3) is 2.31. The van der Waals surface area contributed by atoms with Crippen LogP contribution in [0.4, 0.5) is 0 Å². The fraction of sp³-hybridized carbons (Fsp3) is 0.300. The number of carbonyl (C=O) groups excluding carboxylic acids is 1. The van der Waals surface area contributed by atoms with Crippen molar-refractivity contribution in [2.75, 3.05) is 0 Å². The minimum atomic E-state index is 0.371. The number of aryl methyl sites for hydroxylation is 1. The van der Waals surface area contributed by atoms with Gasteiger partial charge in [0.1, 0.15) is 5.41 Å². The summed E-state index contributed by atoms with van der Waals surface area (Å²) < 4.78 is 0. The quantitative estimate of drug-likeness (QED) is 0.622. The van der Waals surface area contributed by atoms with E-state index in [1.807, 2.05) is 12.1 Å². The van der Waals surface area contributed by atoms with E-state index in [0.717, 1.165) is 6.42 Å². The zero-order chi connectivity index (χ0) is 8.97. The summed E-state index contributed by atoms with van der Waals surface area (Å²) in [6.45, 7) is 2.12. The zero-order valence-electron chi connectivity index (χ0n) is 7.63. The molecule has 0 aromatic heterocycles. The van der Waals surface area contributed by atoms with E-state index in [-0.39, 0.29) is 0 Å². The van der Waals surface area contributed by atoms with Gasteiger partial charge in [-0.3, -0.25) is 0 Å². The van der Waals surface area contributed by atoms with Crippen molar-refractivity contribution in [2.24, 2.45) is 0 Å². The molecule has 2 heteroatoms. The zero-order valence-corrected chi connectivity index (χ0v) is 9.63. The molecule has 0 atom stereocenters. The fourth-order valence-electron chi connectivity index (χ4n) is 1.34. The van der Waals surface area contributed by atoms with E-state index in [0.29, 0.717) is 22.1 Å². The van der Waals surface area contributed by atoms with Crippen LogP contribution in [0.5, 0.6) is 0 Å². The number of hydrogen-bond acceptors (Lipinski definition) is 1. The Morgan fingerprint density at radius 1 is 1.33 bits per heavy atom. The number of benzene rings is 1. The molecular formula is C10H14OSi. The minimum Gasteiger partial charge on any atom is -0.306 e. The first-order chi connectivity index (χ1) is 5.74. The highest BCUT2D eigenvalue weighted by molar-refractivity contribution is 6.57. The van der Waals surface area contributed by atoms with Gasteiger partial charge >= 0.3 is 0 Å². The standard InChI is InChI=1S/C10H14OSi/c1-2-8-5-3-4-6-9(8)7-10(11)12/h3-6H,2,7H2,1,12H3. The van der Waals surface area contributed by atoms with Gasteiger partial charge in [-0.1, -0.05) is 31.2 Å². The van der Waals surface area contributed by atoms with Gasteiger partial charge in [-0.05, 0) is 17.5 Å². The van der Waals surface area contributed by atoms with Gasteiger partial charge in [0.2, 0.25) is 0 Å². The van der Waals surface area contributed by atoms with Crippen LogP contribution < -0.4 is 0 Å². The Morgan fingerprint density at radius 2 is 1.92 bits per heavy atom. The van der Waals surface area contributed by atoms with Crippen LogP contribution in [-0.4, -0.2) is 15.6 Å². The fourth-order valence-corrected chi connectivity index (χ4v) is 1.72. The van der Waals surface area contributed by atoms with Gasteiger partial charge in [0.05, 0.1) is 10.2 Å². The highest BCUT2D eigenvalue weighted by Gasteiger charge is 2.01. The van der Waals surface area contributed by atoms with Crippen molar-refractivity contribution in [3.63, 3.8) is 0 Å². The van der Waals surface area contributed by atoms with Crippen molar-refractivity contribution in [3.05, 3.63) is 35.4 Å². The maximum atomic E-state index is 10.9. The SMILES string of the molecule is CCc1ccccc1CC(=O)[SiH3]. The molecule has 0 amide bonds. The highest BCUT2D eigenvalue weighted by Crippen LogP contribution is 2.09. The maximum Gasteiger partial charge on any atom is 0.105 e. The summed E-state index contributed by atoms with van der Waals surface area (Å²) in [6, 6.07) is 8.17. The molecule has 0 aliphatic carbocycles. The molecule has 0 unspecified atom stereocenters. The number of rotatable bonds is 3. The Kier molecular flexibility index (Phi) is 3.23. The normalized spacial score (nSPS) is 10.1. The topological polar surface area (TPSA) is 17.1 Å². The highest BCUT2D eigenvalue weighted by atomic mass is 28.1. The third-order valence-corrected chi connectivity index (χ3v) is 2.29. The second kappa shape index (κ2) is 4.21. The lowest BCUT2D eigenvalue weighted by Gasteiger charge is -2.04. The Balaban J connectivity index is 2.89. The van der Waals surface area contributed by atoms with Crippen molar-refractivity contribution >= 4 is 15.6 Å². The summed E-state index contributed by atoms with van der Waals surface area (Å²) in [5, 5.41) is 0.371. The van der Waals surface area contributed by atoms with Gasteiger partial charge in [0.25, 0.3) is 0 Å². The molecule has 1 aromatic carbocycles. The lowest BCUT2D eigenvalue weighted by atomic mass is 10.0. The average molecular weight is 178 g/mol. The van der Waals surface area contributed by atoms with E-state index in [2.05, 4.69) is 19.1 Å². The second-order valence-electron chi connectivity index (χ2n) is 3.00. The summed E-state index contributed by atoms with van der Waals surface area (Å²) in [4.78, 5) is 10.9. The largest absolute Gasteiger partial charge is 0.306 e. The average Bonchev–Trinajstić information content (AvgIpc) is 2.04. The summed E-state index contributed by atoms with van der Waals surface area (Å²) in [5.41, 5.74) is 2.52. The van der Waals surface area contributed by atoms with E-state index >= 15 is 0 Å². The molecule has 0 saturated heterocycles. The Morgan fingerprint density at radius 3 is 2.42 bits per heavy atom. The lowest BCUT2D eigenvalue weighted by Crippen LogP contribution is -2.03. The van der Waals surface area contributed by atoms with Gasteiger partial charge < -0.3 is 4.79 Å². The lowest BCUT2D eigenvalue weighted by molar-refractivity contribution is -0.111. The van der Waals surface area contributed by atoms with Gasteiger partial charge in [-0.2, -0.15) is 0 Å². The first-order valence-electron chi connectivity index (χ1n) is 4.30. The Bertz CT molecular complexity index is 281. The molecule has 0 radical (unpaired) electrons. The molecule has 1 aromatic rings. The van der Waals surface area contributed by atoms with Crippen molar-refractivity contribution < 1.29 is 4.79 Å². The van der Waals surface area contributed by atoms with Crippen LogP contribution in [0, 0.1) is 0 Å². The molecular weight excluding hydrogens is 164 g/mol. The summed E-state index contributed by atoms with van der Waals surface area (Å²) in [7, 11) is 0.665. The molecule has 0 heterocycles. The molecule has 0 spiro atoms. The molecule has 1 nitrogen and oxygen atoms in total. The van der Waals surface area contributed by atoms with Crippen molar-refractivity contribution in [1.82, 2.24) is 0 Å². The molecule has 0 aliphatic rings. The first kappa shape index (κ1) is 9.20. The van der Waals surface area contributed by atoms with Crippen LogP contribution in [0.15, 0.2) is 24.3 Å². The molecule has 0 N–H and O–H groups in total. The van der Waals surface area contributed by atoms with Gasteiger partial charge in [-0.15, -0.1) is 0 Å². The third-order valence-electron chi connectivity index (χ3n) is 1.94.